The number of aliphatic hydroxyl groups excluding tert-OH is 1. The Kier molecular flexibility index (Phi) is 9.69. The minimum absolute atomic E-state index is 0.0770. The molecular weight excluding hydrogens is 462 g/mol. The number of hydrogen-bond acceptors (Lipinski definition) is 7. The lowest BCUT2D eigenvalue weighted by Gasteiger charge is -2.36. The zero-order chi connectivity index (χ0) is 26.5. The first-order chi connectivity index (χ1) is 17.0. The third-order valence-electron chi connectivity index (χ3n) is 6.89. The van der Waals surface area contributed by atoms with E-state index in [0.717, 1.165) is 11.1 Å². The largest absolute Gasteiger partial charge is 0.469 e. The van der Waals surface area contributed by atoms with E-state index in [1.165, 1.54) is 7.11 Å². The number of carbonyl (C=O) groups excluding carboxylic acids is 2. The summed E-state index contributed by atoms with van der Waals surface area (Å²) in [4.78, 5) is 23.9. The van der Waals surface area contributed by atoms with Crippen molar-refractivity contribution in [1.82, 2.24) is 5.32 Å². The van der Waals surface area contributed by atoms with Crippen LogP contribution in [-0.4, -0.2) is 72.9 Å². The third kappa shape index (κ3) is 7.62. The number of allylic oxidation sites excluding steroid dienone is 3. The maximum absolute atomic E-state index is 12.2. The molecule has 8 nitrogen and oxygen atoms in total. The molecule has 0 radical (unpaired) electrons. The fraction of sp³-hybridized carbons (Fsp3) is 0.643. The van der Waals surface area contributed by atoms with Gasteiger partial charge in [0.15, 0.2) is 0 Å². The van der Waals surface area contributed by atoms with Gasteiger partial charge in [0.2, 0.25) is 5.91 Å². The number of carbonyl (C=O) groups is 2. The number of rotatable bonds is 9. The summed E-state index contributed by atoms with van der Waals surface area (Å²) < 4.78 is 22.5. The summed E-state index contributed by atoms with van der Waals surface area (Å²) in [5, 5.41) is 13.7. The van der Waals surface area contributed by atoms with E-state index >= 15 is 0 Å². The van der Waals surface area contributed by atoms with E-state index < -0.39 is 17.8 Å². The SMILES string of the molecule is COC(=O)C[C@@H]1C[C@@]2(CO2)[C@H](O)[C@@H](/C=C/C(C)=C\C[C@@H]2O[C@H](C)[C@H](NC(=O)/C=C\C(C)C)C=C2C)O1. The molecule has 0 aliphatic carbocycles. The summed E-state index contributed by atoms with van der Waals surface area (Å²) in [5.74, 6) is -0.143. The monoisotopic (exact) mass is 503 g/mol. The molecule has 2 N–H and O–H groups in total. The van der Waals surface area contributed by atoms with Gasteiger partial charge in [-0.05, 0) is 44.8 Å². The molecule has 3 aliphatic rings. The van der Waals surface area contributed by atoms with E-state index in [2.05, 4.69) is 17.5 Å². The summed E-state index contributed by atoms with van der Waals surface area (Å²) in [5.41, 5.74) is 1.45. The van der Waals surface area contributed by atoms with Crippen LogP contribution >= 0.6 is 0 Å². The number of ether oxygens (including phenoxy) is 4. The summed E-state index contributed by atoms with van der Waals surface area (Å²) in [6.07, 6.45) is 10.7. The van der Waals surface area contributed by atoms with Crippen molar-refractivity contribution in [2.24, 2.45) is 5.92 Å². The number of esters is 1. The van der Waals surface area contributed by atoms with Crippen molar-refractivity contribution in [2.75, 3.05) is 13.7 Å². The van der Waals surface area contributed by atoms with E-state index in [1.54, 1.807) is 6.08 Å². The highest BCUT2D eigenvalue weighted by Gasteiger charge is 2.58. The van der Waals surface area contributed by atoms with Gasteiger partial charge in [0.05, 0.1) is 44.5 Å². The van der Waals surface area contributed by atoms with Crippen LogP contribution in [0, 0.1) is 5.92 Å². The smallest absolute Gasteiger partial charge is 0.308 e. The number of methoxy groups -OCH3 is 1. The summed E-state index contributed by atoms with van der Waals surface area (Å²) in [6, 6.07) is -0.171. The molecular formula is C28H41NO7. The molecule has 3 aliphatic heterocycles. The Balaban J connectivity index is 1.57. The average Bonchev–Trinajstić information content (AvgIpc) is 3.60. The molecule has 0 aromatic rings. The molecule has 2 saturated heterocycles. The predicted octanol–water partition coefficient (Wildman–Crippen LogP) is 3.16. The lowest BCUT2D eigenvalue weighted by atomic mass is 9.87. The Hall–Kier alpha value is -2.26. The van der Waals surface area contributed by atoms with Crippen molar-refractivity contribution >= 4 is 11.9 Å². The molecule has 2 fully saturated rings. The minimum Gasteiger partial charge on any atom is -0.469 e. The molecule has 0 aromatic carbocycles. The van der Waals surface area contributed by atoms with Crippen molar-refractivity contribution in [3.63, 3.8) is 0 Å². The highest BCUT2D eigenvalue weighted by Crippen LogP contribution is 2.43. The molecule has 36 heavy (non-hydrogen) atoms. The average molecular weight is 504 g/mol. The van der Waals surface area contributed by atoms with Gasteiger partial charge in [0.25, 0.3) is 0 Å². The standard InChI is InChI=1S/C28H41NO7/c1-17(2)7-12-25(30)29-22-13-19(4)23(35-20(22)5)10-8-18(3)9-11-24-27(32)28(16-34-28)15-21(36-24)14-26(31)33-6/h7-9,11-13,17,20-24,27,32H,10,14-16H2,1-6H3,(H,29,30)/b11-9+,12-7-,18-8-/t20-,21-,22-,23+,24-,27-,28-/m1/s1. The van der Waals surface area contributed by atoms with Gasteiger partial charge in [-0.3, -0.25) is 9.59 Å². The fourth-order valence-corrected chi connectivity index (χ4v) is 4.55. The number of hydrogen-bond donors (Lipinski definition) is 2. The van der Waals surface area contributed by atoms with Gasteiger partial charge >= 0.3 is 5.97 Å². The quantitative estimate of drug-likeness (QED) is 0.164. The van der Waals surface area contributed by atoms with Crippen LogP contribution in [0.3, 0.4) is 0 Å². The topological polar surface area (TPSA) is 107 Å². The van der Waals surface area contributed by atoms with Crippen molar-refractivity contribution in [1.29, 1.82) is 0 Å². The second kappa shape index (κ2) is 12.3. The molecule has 1 amide bonds. The van der Waals surface area contributed by atoms with E-state index in [9.17, 15) is 14.7 Å². The van der Waals surface area contributed by atoms with Gasteiger partial charge in [-0.2, -0.15) is 0 Å². The van der Waals surface area contributed by atoms with Crippen LogP contribution < -0.4 is 5.32 Å². The van der Waals surface area contributed by atoms with Crippen LogP contribution in [0.2, 0.25) is 0 Å². The predicted molar refractivity (Wildman–Crippen MR) is 136 cm³/mol. The normalized spacial score (nSPS) is 34.9. The molecule has 1 spiro atoms. The lowest BCUT2D eigenvalue weighted by molar-refractivity contribution is -0.157. The van der Waals surface area contributed by atoms with Crippen molar-refractivity contribution in [3.05, 3.63) is 47.6 Å². The van der Waals surface area contributed by atoms with Gasteiger partial charge in [0.1, 0.15) is 17.8 Å². The van der Waals surface area contributed by atoms with Crippen molar-refractivity contribution in [3.8, 4) is 0 Å². The molecule has 8 heteroatoms. The second-order valence-electron chi connectivity index (χ2n) is 10.4. The highest BCUT2D eigenvalue weighted by molar-refractivity contribution is 5.88. The molecule has 200 valence electrons. The molecule has 7 atom stereocenters. The van der Waals surface area contributed by atoms with Gasteiger partial charge in [-0.15, -0.1) is 0 Å². The Morgan fingerprint density at radius 3 is 2.67 bits per heavy atom. The van der Waals surface area contributed by atoms with Crippen LogP contribution in [-0.2, 0) is 28.5 Å². The zero-order valence-corrected chi connectivity index (χ0v) is 22.2. The van der Waals surface area contributed by atoms with E-state index in [4.69, 9.17) is 18.9 Å². The number of amides is 1. The highest BCUT2D eigenvalue weighted by atomic mass is 16.6. The van der Waals surface area contributed by atoms with Crippen LogP contribution in [0.1, 0.15) is 53.9 Å². The molecule has 0 saturated carbocycles. The first-order valence-electron chi connectivity index (χ1n) is 12.7. The van der Waals surface area contributed by atoms with E-state index in [1.807, 2.05) is 52.8 Å². The molecule has 3 heterocycles. The van der Waals surface area contributed by atoms with Gasteiger partial charge in [-0.1, -0.05) is 49.8 Å². The van der Waals surface area contributed by atoms with E-state index in [-0.39, 0.29) is 42.7 Å². The first-order valence-corrected chi connectivity index (χ1v) is 12.7. The Bertz CT molecular complexity index is 915. The summed E-state index contributed by atoms with van der Waals surface area (Å²) >= 11 is 0. The van der Waals surface area contributed by atoms with Gasteiger partial charge in [0, 0.05) is 6.42 Å². The first kappa shape index (κ1) is 28.3. The summed E-state index contributed by atoms with van der Waals surface area (Å²) in [6.45, 7) is 10.5. The zero-order valence-electron chi connectivity index (χ0n) is 22.2. The van der Waals surface area contributed by atoms with Gasteiger partial charge < -0.3 is 29.4 Å². The molecule has 0 bridgehead atoms. The molecule has 0 aromatic heterocycles. The summed E-state index contributed by atoms with van der Waals surface area (Å²) in [7, 11) is 1.35. The Morgan fingerprint density at radius 2 is 2.03 bits per heavy atom. The lowest BCUT2D eigenvalue weighted by Crippen LogP contribution is -2.50. The van der Waals surface area contributed by atoms with Crippen LogP contribution in [0.5, 0.6) is 0 Å². The third-order valence-corrected chi connectivity index (χ3v) is 6.89. The van der Waals surface area contributed by atoms with Gasteiger partial charge in [-0.25, -0.2) is 0 Å². The van der Waals surface area contributed by atoms with E-state index in [0.29, 0.717) is 25.4 Å². The maximum Gasteiger partial charge on any atom is 0.308 e. The Labute approximate surface area is 214 Å². The van der Waals surface area contributed by atoms with Crippen LogP contribution in [0.15, 0.2) is 47.6 Å². The van der Waals surface area contributed by atoms with Crippen molar-refractivity contribution in [2.45, 2.75) is 96.0 Å². The molecule has 3 rings (SSSR count). The maximum atomic E-state index is 12.2. The number of epoxide rings is 1. The number of aliphatic hydroxyl groups is 1. The fourth-order valence-electron chi connectivity index (χ4n) is 4.55. The number of nitrogens with one attached hydrogen (secondary N) is 1. The molecule has 0 unspecified atom stereocenters. The second-order valence-corrected chi connectivity index (χ2v) is 10.4. The van der Waals surface area contributed by atoms with Crippen molar-refractivity contribution < 1.29 is 33.6 Å². The van der Waals surface area contributed by atoms with Crippen LogP contribution in [0.25, 0.3) is 0 Å². The minimum atomic E-state index is -0.786. The Morgan fingerprint density at radius 1 is 1.31 bits per heavy atom. The van der Waals surface area contributed by atoms with Crippen LogP contribution in [0.4, 0.5) is 0 Å².